The molecular weight excluding hydrogens is 276 g/mol. The summed E-state index contributed by atoms with van der Waals surface area (Å²) < 4.78 is 1.94. The van der Waals surface area contributed by atoms with Crippen molar-refractivity contribution in [1.29, 1.82) is 0 Å². The van der Waals surface area contributed by atoms with E-state index >= 15 is 0 Å². The molecule has 0 amide bonds. The highest BCUT2D eigenvalue weighted by atomic mass is 16.1. The molecule has 1 fully saturated rings. The molecule has 5 heteroatoms. The van der Waals surface area contributed by atoms with Crippen LogP contribution in [0.15, 0.2) is 47.4 Å². The molecule has 0 bridgehead atoms. The van der Waals surface area contributed by atoms with E-state index in [1.807, 2.05) is 41.1 Å². The average molecular weight is 295 g/mol. The summed E-state index contributed by atoms with van der Waals surface area (Å²) in [6.07, 6.45) is 11.2. The molecule has 4 rings (SSSR count). The SMILES string of the molecule is O=c1[nH]c2ccccc2n1C1CCN(C2C=C[C]=CN2)CC1. The Labute approximate surface area is 128 Å². The van der Waals surface area contributed by atoms with Gasteiger partial charge in [-0.15, -0.1) is 0 Å². The smallest absolute Gasteiger partial charge is 0.326 e. The van der Waals surface area contributed by atoms with Crippen LogP contribution < -0.4 is 11.0 Å². The number of aromatic nitrogens is 2. The molecule has 5 nitrogen and oxygen atoms in total. The summed E-state index contributed by atoms with van der Waals surface area (Å²) in [6.45, 7) is 1.96. The van der Waals surface area contributed by atoms with Crippen LogP contribution in [0.25, 0.3) is 11.0 Å². The highest BCUT2D eigenvalue weighted by Gasteiger charge is 2.26. The van der Waals surface area contributed by atoms with E-state index in [2.05, 4.69) is 27.4 Å². The first kappa shape index (κ1) is 13.4. The van der Waals surface area contributed by atoms with E-state index in [4.69, 9.17) is 0 Å². The van der Waals surface area contributed by atoms with Crippen molar-refractivity contribution < 1.29 is 0 Å². The summed E-state index contributed by atoms with van der Waals surface area (Å²) in [7, 11) is 0. The lowest BCUT2D eigenvalue weighted by Gasteiger charge is -2.37. The van der Waals surface area contributed by atoms with Gasteiger partial charge in [0.1, 0.15) is 0 Å². The molecule has 1 aromatic heterocycles. The molecule has 1 atom stereocenters. The number of nitrogens with one attached hydrogen (secondary N) is 2. The van der Waals surface area contributed by atoms with Crippen LogP contribution in [-0.4, -0.2) is 33.7 Å². The Hall–Kier alpha value is -2.27. The molecule has 2 aliphatic heterocycles. The maximum Gasteiger partial charge on any atom is 0.326 e. The first-order valence-electron chi connectivity index (χ1n) is 7.77. The van der Waals surface area contributed by atoms with Gasteiger partial charge >= 0.3 is 5.69 Å². The van der Waals surface area contributed by atoms with Crippen molar-refractivity contribution >= 4 is 11.0 Å². The molecule has 0 saturated carbocycles. The van der Waals surface area contributed by atoms with Crippen LogP contribution in [0, 0.1) is 6.08 Å². The highest BCUT2D eigenvalue weighted by molar-refractivity contribution is 5.75. The van der Waals surface area contributed by atoms with Gasteiger partial charge in [0.2, 0.25) is 0 Å². The Balaban J connectivity index is 1.53. The van der Waals surface area contributed by atoms with Gasteiger partial charge in [-0.3, -0.25) is 9.47 Å². The maximum absolute atomic E-state index is 12.3. The highest BCUT2D eigenvalue weighted by Crippen LogP contribution is 2.25. The van der Waals surface area contributed by atoms with Gasteiger partial charge in [-0.2, -0.15) is 0 Å². The first-order valence-corrected chi connectivity index (χ1v) is 7.77. The van der Waals surface area contributed by atoms with Crippen molar-refractivity contribution in [3.63, 3.8) is 0 Å². The van der Waals surface area contributed by atoms with Crippen molar-refractivity contribution in [1.82, 2.24) is 19.8 Å². The summed E-state index contributed by atoms with van der Waals surface area (Å²) >= 11 is 0. The number of piperidine rings is 1. The quantitative estimate of drug-likeness (QED) is 0.888. The zero-order chi connectivity index (χ0) is 14.9. The Morgan fingerprint density at radius 3 is 2.77 bits per heavy atom. The number of benzene rings is 1. The third-order valence-electron chi connectivity index (χ3n) is 4.59. The van der Waals surface area contributed by atoms with Crippen LogP contribution in [0.3, 0.4) is 0 Å². The number of hydrogen-bond acceptors (Lipinski definition) is 3. The van der Waals surface area contributed by atoms with Gasteiger partial charge in [0.05, 0.1) is 17.2 Å². The molecular formula is C17H19N4O. The fourth-order valence-corrected chi connectivity index (χ4v) is 3.47. The number of para-hydroxylation sites is 2. The summed E-state index contributed by atoms with van der Waals surface area (Å²) in [5.74, 6) is 0. The number of hydrogen-bond donors (Lipinski definition) is 2. The van der Waals surface area contributed by atoms with E-state index in [0.717, 1.165) is 37.0 Å². The minimum absolute atomic E-state index is 0.00729. The zero-order valence-electron chi connectivity index (χ0n) is 12.3. The molecule has 113 valence electrons. The second-order valence-electron chi connectivity index (χ2n) is 5.87. The average Bonchev–Trinajstić information content (AvgIpc) is 2.91. The molecule has 1 unspecified atom stereocenters. The van der Waals surface area contributed by atoms with Crippen molar-refractivity contribution in [2.45, 2.75) is 25.0 Å². The number of rotatable bonds is 2. The molecule has 0 spiro atoms. The van der Waals surface area contributed by atoms with Crippen molar-refractivity contribution in [2.75, 3.05) is 13.1 Å². The number of nitrogens with zero attached hydrogens (tertiary/aromatic N) is 2. The van der Waals surface area contributed by atoms with Gasteiger partial charge in [-0.05, 0) is 37.1 Å². The maximum atomic E-state index is 12.3. The van der Waals surface area contributed by atoms with Crippen LogP contribution in [0.4, 0.5) is 0 Å². The fraction of sp³-hybridized carbons (Fsp3) is 0.353. The zero-order valence-corrected chi connectivity index (χ0v) is 12.3. The van der Waals surface area contributed by atoms with Gasteiger partial charge in [0.15, 0.2) is 0 Å². The Morgan fingerprint density at radius 1 is 1.18 bits per heavy atom. The largest absolute Gasteiger partial charge is 0.372 e. The predicted octanol–water partition coefficient (Wildman–Crippen LogP) is 1.77. The number of aromatic amines is 1. The van der Waals surface area contributed by atoms with Crippen LogP contribution in [0.2, 0.25) is 0 Å². The molecule has 2 aromatic rings. The monoisotopic (exact) mass is 295 g/mol. The van der Waals surface area contributed by atoms with Crippen molar-refractivity contribution in [3.05, 3.63) is 59.2 Å². The van der Waals surface area contributed by atoms with E-state index in [0.29, 0.717) is 0 Å². The molecule has 1 saturated heterocycles. The van der Waals surface area contributed by atoms with E-state index < -0.39 is 0 Å². The van der Waals surface area contributed by atoms with Gasteiger partial charge < -0.3 is 10.3 Å². The van der Waals surface area contributed by atoms with E-state index in [-0.39, 0.29) is 17.9 Å². The summed E-state index contributed by atoms with van der Waals surface area (Å²) in [5, 5.41) is 3.31. The number of imidazole rings is 1. The molecule has 1 aromatic carbocycles. The molecule has 1 radical (unpaired) electrons. The van der Waals surface area contributed by atoms with Gasteiger partial charge in [0.25, 0.3) is 0 Å². The summed E-state index contributed by atoms with van der Waals surface area (Å²) in [5.41, 5.74) is 1.94. The topological polar surface area (TPSA) is 53.1 Å². The fourth-order valence-electron chi connectivity index (χ4n) is 3.47. The van der Waals surface area contributed by atoms with Gasteiger partial charge in [0, 0.05) is 25.3 Å². The molecule has 3 heterocycles. The second-order valence-corrected chi connectivity index (χ2v) is 5.87. The summed E-state index contributed by atoms with van der Waals surface area (Å²) in [4.78, 5) is 17.6. The summed E-state index contributed by atoms with van der Waals surface area (Å²) in [6, 6.07) is 8.19. The normalized spacial score (nSPS) is 23.0. The number of dihydropyridines is 1. The Bertz CT molecular complexity index is 777. The minimum atomic E-state index is 0.00729. The third-order valence-corrected chi connectivity index (χ3v) is 4.59. The molecule has 0 aliphatic carbocycles. The number of allylic oxidation sites excluding steroid dienone is 2. The number of H-pyrrole nitrogens is 1. The minimum Gasteiger partial charge on any atom is -0.372 e. The number of likely N-dealkylation sites (tertiary alicyclic amines) is 1. The van der Waals surface area contributed by atoms with Crippen LogP contribution in [-0.2, 0) is 0 Å². The lowest BCUT2D eigenvalue weighted by atomic mass is 10.0. The standard InChI is InChI=1S/C17H19N4O/c22-17-19-14-5-1-2-6-15(14)21(17)13-8-11-20(12-9-13)16-7-3-4-10-18-16/h1-3,5-7,10,13,16,18H,8-9,11-12H2,(H,19,22). The molecule has 2 aliphatic rings. The molecule has 22 heavy (non-hydrogen) atoms. The lowest BCUT2D eigenvalue weighted by Crippen LogP contribution is -2.47. The van der Waals surface area contributed by atoms with Crippen molar-refractivity contribution in [3.8, 4) is 0 Å². The third kappa shape index (κ3) is 2.27. The van der Waals surface area contributed by atoms with Crippen molar-refractivity contribution in [2.24, 2.45) is 0 Å². The molecule has 2 N–H and O–H groups in total. The van der Waals surface area contributed by atoms with Gasteiger partial charge in [-0.1, -0.05) is 18.2 Å². The lowest BCUT2D eigenvalue weighted by molar-refractivity contribution is 0.145. The van der Waals surface area contributed by atoms with Crippen LogP contribution in [0.5, 0.6) is 0 Å². The van der Waals surface area contributed by atoms with Crippen LogP contribution in [0.1, 0.15) is 18.9 Å². The Kier molecular flexibility index (Phi) is 3.35. The number of fused-ring (bicyclic) bond motifs is 1. The van der Waals surface area contributed by atoms with E-state index in [1.165, 1.54) is 0 Å². The van der Waals surface area contributed by atoms with Gasteiger partial charge in [-0.25, -0.2) is 4.79 Å². The second kappa shape index (κ2) is 5.50. The first-order chi connectivity index (χ1) is 10.8. The Morgan fingerprint density at radius 2 is 2.00 bits per heavy atom. The van der Waals surface area contributed by atoms with E-state index in [9.17, 15) is 4.79 Å². The predicted molar refractivity (Wildman–Crippen MR) is 86.3 cm³/mol. The van der Waals surface area contributed by atoms with Crippen LogP contribution >= 0.6 is 0 Å². The van der Waals surface area contributed by atoms with E-state index in [1.54, 1.807) is 0 Å².